The first kappa shape index (κ1) is 14.7. The maximum absolute atomic E-state index is 12.0. The van der Waals surface area contributed by atoms with Crippen molar-refractivity contribution in [3.63, 3.8) is 0 Å². The molecule has 1 N–H and O–H groups in total. The smallest absolute Gasteiger partial charge is 0.267 e. The van der Waals surface area contributed by atoms with Crippen molar-refractivity contribution in [1.29, 1.82) is 0 Å². The predicted molar refractivity (Wildman–Crippen MR) is 91.2 cm³/mol. The molecule has 2 aromatic carbocycles. The number of rotatable bonds is 4. The van der Waals surface area contributed by atoms with Gasteiger partial charge in [0.05, 0.1) is 6.21 Å². The summed E-state index contributed by atoms with van der Waals surface area (Å²) in [5.74, 6) is -0.246. The molecule has 3 rings (SSSR count). The number of hydrogen-bond acceptors (Lipinski definition) is 3. The van der Waals surface area contributed by atoms with Crippen LogP contribution in [0.1, 0.15) is 15.9 Å². The summed E-state index contributed by atoms with van der Waals surface area (Å²) in [5, 5.41) is 3.93. The van der Waals surface area contributed by atoms with Gasteiger partial charge < -0.3 is 0 Å². The molecule has 1 aromatic heterocycles. The van der Waals surface area contributed by atoms with Gasteiger partial charge in [-0.2, -0.15) is 5.10 Å². The minimum Gasteiger partial charge on any atom is -0.267 e. The highest BCUT2D eigenvalue weighted by Crippen LogP contribution is 2.19. The fourth-order valence-corrected chi connectivity index (χ4v) is 2.13. The molecular weight excluding hydrogens is 286 g/mol. The number of nitrogens with zero attached hydrogens (tertiary/aromatic N) is 2. The number of carbonyl (C=O) groups excluding carboxylic acids is 1. The van der Waals surface area contributed by atoms with E-state index >= 15 is 0 Å². The van der Waals surface area contributed by atoms with Gasteiger partial charge in [-0.15, -0.1) is 0 Å². The lowest BCUT2D eigenvalue weighted by atomic mass is 10.0. The molecule has 1 heterocycles. The molecule has 0 aliphatic carbocycles. The van der Waals surface area contributed by atoms with Gasteiger partial charge >= 0.3 is 0 Å². The van der Waals surface area contributed by atoms with Gasteiger partial charge in [-0.3, -0.25) is 9.78 Å². The number of carbonyl (C=O) groups is 1. The van der Waals surface area contributed by atoms with Crippen LogP contribution in [0.2, 0.25) is 0 Å². The van der Waals surface area contributed by atoms with Crippen molar-refractivity contribution in [2.75, 3.05) is 0 Å². The molecule has 1 amide bonds. The average molecular weight is 301 g/mol. The number of aromatic nitrogens is 1. The normalized spacial score (nSPS) is 10.6. The Morgan fingerprint density at radius 3 is 2.35 bits per heavy atom. The van der Waals surface area contributed by atoms with Crippen LogP contribution in [0.5, 0.6) is 0 Å². The lowest BCUT2D eigenvalue weighted by Gasteiger charge is -2.03. The number of benzene rings is 2. The van der Waals surface area contributed by atoms with E-state index in [1.165, 1.54) is 0 Å². The van der Waals surface area contributed by atoms with Crippen LogP contribution in [0.4, 0.5) is 0 Å². The first-order valence-electron chi connectivity index (χ1n) is 7.22. The van der Waals surface area contributed by atoms with E-state index in [0.29, 0.717) is 5.56 Å². The van der Waals surface area contributed by atoms with Crippen molar-refractivity contribution in [3.8, 4) is 11.1 Å². The van der Waals surface area contributed by atoms with Gasteiger partial charge in [0.25, 0.3) is 5.91 Å². The molecule has 0 aliphatic rings. The van der Waals surface area contributed by atoms with E-state index in [-0.39, 0.29) is 5.91 Å². The summed E-state index contributed by atoms with van der Waals surface area (Å²) in [4.78, 5) is 16.0. The van der Waals surface area contributed by atoms with Crippen LogP contribution in [-0.2, 0) is 0 Å². The van der Waals surface area contributed by atoms with Gasteiger partial charge in [0.1, 0.15) is 0 Å². The van der Waals surface area contributed by atoms with E-state index in [1.807, 2.05) is 54.6 Å². The van der Waals surface area contributed by atoms with Crippen molar-refractivity contribution >= 4 is 12.1 Å². The van der Waals surface area contributed by atoms with E-state index in [4.69, 9.17) is 0 Å². The molecule has 0 atom stereocenters. The Kier molecular flexibility index (Phi) is 4.55. The summed E-state index contributed by atoms with van der Waals surface area (Å²) in [5.41, 5.74) is 6.09. The maximum Gasteiger partial charge on any atom is 0.271 e. The van der Waals surface area contributed by atoms with Crippen molar-refractivity contribution < 1.29 is 4.79 Å². The number of nitrogens with one attached hydrogen (secondary N) is 1. The SMILES string of the molecule is O=C(NN=Cc1cccnc1)c1ccc(-c2ccccc2)cc1. The number of hydrogen-bond donors (Lipinski definition) is 1. The van der Waals surface area contributed by atoms with Crippen molar-refractivity contribution in [2.45, 2.75) is 0 Å². The van der Waals surface area contributed by atoms with E-state index in [0.717, 1.165) is 16.7 Å². The zero-order valence-corrected chi connectivity index (χ0v) is 12.4. The van der Waals surface area contributed by atoms with Crippen LogP contribution in [0.3, 0.4) is 0 Å². The van der Waals surface area contributed by atoms with Crippen molar-refractivity contribution in [3.05, 3.63) is 90.3 Å². The molecule has 23 heavy (non-hydrogen) atoms. The summed E-state index contributed by atoms with van der Waals surface area (Å²) in [6.07, 6.45) is 4.91. The third-order valence-corrected chi connectivity index (χ3v) is 3.32. The molecule has 0 fully saturated rings. The minimum absolute atomic E-state index is 0.246. The topological polar surface area (TPSA) is 54.4 Å². The second kappa shape index (κ2) is 7.13. The molecule has 0 saturated heterocycles. The minimum atomic E-state index is -0.246. The standard InChI is InChI=1S/C19H15N3O/c23-19(22-21-14-15-5-4-12-20-13-15)18-10-8-17(9-11-18)16-6-2-1-3-7-16/h1-14H,(H,22,23). The Hall–Kier alpha value is -3.27. The van der Waals surface area contributed by atoms with Gasteiger partial charge in [-0.05, 0) is 29.3 Å². The van der Waals surface area contributed by atoms with E-state index in [1.54, 1.807) is 30.7 Å². The van der Waals surface area contributed by atoms with Crippen molar-refractivity contribution in [1.82, 2.24) is 10.4 Å². The number of hydrazone groups is 1. The van der Waals surface area contributed by atoms with Gasteiger partial charge in [0.15, 0.2) is 0 Å². The number of amides is 1. The molecule has 4 nitrogen and oxygen atoms in total. The predicted octanol–water partition coefficient (Wildman–Crippen LogP) is 3.51. The molecule has 0 saturated carbocycles. The Labute approximate surface area is 134 Å². The molecule has 0 radical (unpaired) electrons. The van der Waals surface area contributed by atoms with Gasteiger partial charge in [0.2, 0.25) is 0 Å². The fourth-order valence-electron chi connectivity index (χ4n) is 2.13. The largest absolute Gasteiger partial charge is 0.271 e. The molecule has 0 spiro atoms. The molecule has 0 aliphatic heterocycles. The lowest BCUT2D eigenvalue weighted by Crippen LogP contribution is -2.17. The van der Waals surface area contributed by atoms with Crippen LogP contribution in [0.25, 0.3) is 11.1 Å². The molecule has 3 aromatic rings. The molecule has 112 valence electrons. The molecule has 4 heteroatoms. The lowest BCUT2D eigenvalue weighted by molar-refractivity contribution is 0.0955. The third-order valence-electron chi connectivity index (χ3n) is 3.32. The second-order valence-corrected chi connectivity index (χ2v) is 4.93. The average Bonchev–Trinajstić information content (AvgIpc) is 2.63. The Morgan fingerprint density at radius 2 is 1.65 bits per heavy atom. The van der Waals surface area contributed by atoms with E-state index in [2.05, 4.69) is 15.5 Å². The van der Waals surface area contributed by atoms with Gasteiger partial charge in [0, 0.05) is 23.5 Å². The number of pyridine rings is 1. The summed E-state index contributed by atoms with van der Waals surface area (Å²) in [7, 11) is 0. The molecule has 0 unspecified atom stereocenters. The fraction of sp³-hybridized carbons (Fsp3) is 0. The van der Waals surface area contributed by atoms with E-state index in [9.17, 15) is 4.79 Å². The highest BCUT2D eigenvalue weighted by Gasteiger charge is 2.04. The highest BCUT2D eigenvalue weighted by molar-refractivity contribution is 5.95. The zero-order valence-electron chi connectivity index (χ0n) is 12.4. The van der Waals surface area contributed by atoms with Crippen LogP contribution in [-0.4, -0.2) is 17.1 Å². The zero-order chi connectivity index (χ0) is 15.9. The van der Waals surface area contributed by atoms with Gasteiger partial charge in [-0.1, -0.05) is 48.5 Å². The summed E-state index contributed by atoms with van der Waals surface area (Å²) >= 11 is 0. The van der Waals surface area contributed by atoms with Crippen LogP contribution < -0.4 is 5.43 Å². The maximum atomic E-state index is 12.0. The van der Waals surface area contributed by atoms with Crippen LogP contribution in [0.15, 0.2) is 84.2 Å². The summed E-state index contributed by atoms with van der Waals surface area (Å²) in [6.45, 7) is 0. The highest BCUT2D eigenvalue weighted by atomic mass is 16.2. The summed E-state index contributed by atoms with van der Waals surface area (Å²) < 4.78 is 0. The third kappa shape index (κ3) is 3.89. The van der Waals surface area contributed by atoms with E-state index < -0.39 is 0 Å². The van der Waals surface area contributed by atoms with Crippen molar-refractivity contribution in [2.24, 2.45) is 5.10 Å². The first-order chi connectivity index (χ1) is 11.3. The monoisotopic (exact) mass is 301 g/mol. The Bertz CT molecular complexity index is 797. The molecule has 0 bridgehead atoms. The van der Waals surface area contributed by atoms with Crippen LogP contribution >= 0.6 is 0 Å². The Balaban J connectivity index is 1.65. The Morgan fingerprint density at radius 1 is 0.913 bits per heavy atom. The van der Waals surface area contributed by atoms with Gasteiger partial charge in [-0.25, -0.2) is 5.43 Å². The quantitative estimate of drug-likeness (QED) is 0.592. The summed E-state index contributed by atoms with van der Waals surface area (Å²) in [6, 6.07) is 21.1. The first-order valence-corrected chi connectivity index (χ1v) is 7.22. The second-order valence-electron chi connectivity index (χ2n) is 4.93. The van der Waals surface area contributed by atoms with Crippen LogP contribution in [0, 0.1) is 0 Å². The molecular formula is C19H15N3O.